The van der Waals surface area contributed by atoms with E-state index in [9.17, 15) is 9.59 Å². The molecule has 2 aliphatic heterocycles. The zero-order chi connectivity index (χ0) is 16.0. The molecule has 1 N–H and O–H groups in total. The quantitative estimate of drug-likeness (QED) is 0.920. The molecule has 3 amide bonds. The number of nitrogens with one attached hydrogen (secondary N) is 1. The third-order valence-electron chi connectivity index (χ3n) is 4.78. The fourth-order valence-electron chi connectivity index (χ4n) is 3.23. The topological polar surface area (TPSA) is 52.7 Å². The van der Waals surface area contributed by atoms with Gasteiger partial charge in [0.15, 0.2) is 0 Å². The van der Waals surface area contributed by atoms with Crippen molar-refractivity contribution in [3.63, 3.8) is 0 Å². The summed E-state index contributed by atoms with van der Waals surface area (Å²) in [6.07, 6.45) is 0. The second kappa shape index (κ2) is 5.09. The lowest BCUT2D eigenvalue weighted by Gasteiger charge is -2.50. The van der Waals surface area contributed by atoms with Gasteiger partial charge in [-0.15, -0.1) is 11.3 Å². The molecule has 5 nitrogen and oxygen atoms in total. The van der Waals surface area contributed by atoms with Gasteiger partial charge in [-0.3, -0.25) is 4.79 Å². The fourth-order valence-corrected chi connectivity index (χ4v) is 3.96. The number of carbonyl (C=O) groups is 2. The molecule has 0 unspecified atom stereocenters. The van der Waals surface area contributed by atoms with Crippen molar-refractivity contribution < 1.29 is 9.59 Å². The van der Waals surface area contributed by atoms with Crippen LogP contribution in [0.4, 0.5) is 4.79 Å². The maximum Gasteiger partial charge on any atom is 0.317 e. The molecule has 23 heavy (non-hydrogen) atoms. The molecule has 118 valence electrons. The zero-order valence-corrected chi connectivity index (χ0v) is 13.6. The molecule has 1 spiro atoms. The van der Waals surface area contributed by atoms with Crippen LogP contribution in [0, 0.1) is 0 Å². The van der Waals surface area contributed by atoms with Crippen LogP contribution in [0.15, 0.2) is 41.8 Å². The normalized spacial score (nSPS) is 18.9. The Hall–Kier alpha value is -2.34. The van der Waals surface area contributed by atoms with Gasteiger partial charge >= 0.3 is 6.03 Å². The summed E-state index contributed by atoms with van der Waals surface area (Å²) in [7, 11) is 1.79. The van der Waals surface area contributed by atoms with E-state index in [0.717, 1.165) is 5.56 Å². The van der Waals surface area contributed by atoms with Crippen LogP contribution < -0.4 is 5.32 Å². The maximum atomic E-state index is 12.6. The van der Waals surface area contributed by atoms with Crippen LogP contribution in [0.1, 0.15) is 10.4 Å². The predicted octanol–water partition coefficient (Wildman–Crippen LogP) is 2.26. The monoisotopic (exact) mass is 327 g/mol. The summed E-state index contributed by atoms with van der Waals surface area (Å²) >= 11 is 1.69. The molecule has 3 heterocycles. The van der Waals surface area contributed by atoms with Crippen molar-refractivity contribution in [2.45, 2.75) is 5.54 Å². The van der Waals surface area contributed by atoms with Crippen molar-refractivity contribution in [3.8, 4) is 10.4 Å². The summed E-state index contributed by atoms with van der Waals surface area (Å²) in [6, 6.07) is 11.8. The average Bonchev–Trinajstić information content (AvgIpc) is 3.16. The Kier molecular flexibility index (Phi) is 3.16. The van der Waals surface area contributed by atoms with Gasteiger partial charge in [0.2, 0.25) is 0 Å². The lowest BCUT2D eigenvalue weighted by Crippen LogP contribution is -2.70. The summed E-state index contributed by atoms with van der Waals surface area (Å²) in [5.74, 6) is 0.0288. The summed E-state index contributed by atoms with van der Waals surface area (Å²) in [6.45, 7) is 1.80. The van der Waals surface area contributed by atoms with Crippen LogP contribution in [0.2, 0.25) is 0 Å². The maximum absolute atomic E-state index is 12.6. The van der Waals surface area contributed by atoms with Gasteiger partial charge in [0.25, 0.3) is 5.91 Å². The van der Waals surface area contributed by atoms with E-state index < -0.39 is 0 Å². The number of nitrogens with zero attached hydrogens (tertiary/aromatic N) is 2. The Morgan fingerprint density at radius 3 is 2.52 bits per heavy atom. The smallest absolute Gasteiger partial charge is 0.317 e. The highest BCUT2D eigenvalue weighted by molar-refractivity contribution is 7.13. The highest BCUT2D eigenvalue weighted by Crippen LogP contribution is 2.31. The predicted molar refractivity (Wildman–Crippen MR) is 89.6 cm³/mol. The van der Waals surface area contributed by atoms with E-state index in [-0.39, 0.29) is 17.5 Å². The fraction of sp³-hybridized carbons (Fsp3) is 0.294. The minimum absolute atomic E-state index is 0.0288. The molecule has 1 aromatic carbocycles. The summed E-state index contributed by atoms with van der Waals surface area (Å²) in [5, 5.41) is 4.88. The van der Waals surface area contributed by atoms with Gasteiger partial charge in [0, 0.05) is 37.1 Å². The van der Waals surface area contributed by atoms with E-state index in [0.29, 0.717) is 25.2 Å². The second-order valence-electron chi connectivity index (χ2n) is 6.16. The number of urea groups is 1. The molecule has 0 aliphatic carbocycles. The molecule has 2 aromatic rings. The van der Waals surface area contributed by atoms with E-state index >= 15 is 0 Å². The zero-order valence-electron chi connectivity index (χ0n) is 12.8. The second-order valence-corrected chi connectivity index (χ2v) is 7.11. The molecule has 6 heteroatoms. The van der Waals surface area contributed by atoms with Crippen molar-refractivity contribution >= 4 is 23.3 Å². The number of hydrogen-bond acceptors (Lipinski definition) is 3. The van der Waals surface area contributed by atoms with Crippen molar-refractivity contribution in [2.75, 3.05) is 26.7 Å². The number of likely N-dealkylation sites (tertiary alicyclic amines) is 1. The molecular weight excluding hydrogens is 310 g/mol. The number of benzene rings is 1. The number of likely N-dealkylation sites (N-methyl/N-ethyl adjacent to an activating group) is 1. The van der Waals surface area contributed by atoms with Gasteiger partial charge in [-0.25, -0.2) is 4.79 Å². The van der Waals surface area contributed by atoms with Gasteiger partial charge in [-0.05, 0) is 29.1 Å². The largest absolute Gasteiger partial charge is 0.335 e. The third-order valence-corrected chi connectivity index (χ3v) is 5.70. The van der Waals surface area contributed by atoms with Gasteiger partial charge in [-0.2, -0.15) is 0 Å². The highest BCUT2D eigenvalue weighted by Gasteiger charge is 2.53. The first-order valence-corrected chi connectivity index (χ1v) is 8.42. The third kappa shape index (κ3) is 2.21. The average molecular weight is 327 g/mol. The first-order chi connectivity index (χ1) is 11.1. The van der Waals surface area contributed by atoms with Crippen molar-refractivity contribution in [2.24, 2.45) is 0 Å². The number of carbonyl (C=O) groups excluding carboxylic acids is 2. The molecule has 0 atom stereocenters. The first kappa shape index (κ1) is 14.3. The Morgan fingerprint density at radius 1 is 1.22 bits per heavy atom. The van der Waals surface area contributed by atoms with Crippen molar-refractivity contribution in [1.29, 1.82) is 0 Å². The molecule has 2 fully saturated rings. The molecule has 2 aliphatic rings. The number of amides is 3. The van der Waals surface area contributed by atoms with Crippen LogP contribution >= 0.6 is 11.3 Å². The Balaban J connectivity index is 1.46. The summed E-state index contributed by atoms with van der Waals surface area (Å²) < 4.78 is 0. The van der Waals surface area contributed by atoms with Crippen LogP contribution in [-0.2, 0) is 0 Å². The number of rotatable bonds is 2. The van der Waals surface area contributed by atoms with E-state index in [1.54, 1.807) is 28.2 Å². The first-order valence-electron chi connectivity index (χ1n) is 7.54. The van der Waals surface area contributed by atoms with Crippen LogP contribution in [0.5, 0.6) is 0 Å². The molecule has 2 saturated heterocycles. The number of thiophene rings is 1. The number of hydrogen-bond donors (Lipinski definition) is 1. The van der Waals surface area contributed by atoms with Gasteiger partial charge in [0.05, 0.1) is 5.54 Å². The van der Waals surface area contributed by atoms with E-state index in [1.165, 1.54) is 4.88 Å². The van der Waals surface area contributed by atoms with Crippen LogP contribution in [0.3, 0.4) is 0 Å². The van der Waals surface area contributed by atoms with Gasteiger partial charge < -0.3 is 15.1 Å². The summed E-state index contributed by atoms with van der Waals surface area (Å²) in [4.78, 5) is 28.9. The standard InChI is InChI=1S/C17H17N3O2S/c1-19-16(22)18-9-17(19)10-20(11-17)15(21)13-6-4-12(5-7-13)14-3-2-8-23-14/h2-8H,9-11H2,1H3,(H,18,22). The molecule has 4 rings (SSSR count). The molecule has 0 bridgehead atoms. The highest BCUT2D eigenvalue weighted by atomic mass is 32.1. The van der Waals surface area contributed by atoms with E-state index in [4.69, 9.17) is 0 Å². The van der Waals surface area contributed by atoms with Gasteiger partial charge in [-0.1, -0.05) is 18.2 Å². The molecule has 0 saturated carbocycles. The Labute approximate surface area is 138 Å². The van der Waals surface area contributed by atoms with Crippen LogP contribution in [-0.4, -0.2) is 54.0 Å². The Morgan fingerprint density at radius 2 is 1.96 bits per heavy atom. The molecule has 1 aromatic heterocycles. The summed E-state index contributed by atoms with van der Waals surface area (Å²) in [5.41, 5.74) is 1.60. The van der Waals surface area contributed by atoms with Crippen molar-refractivity contribution in [3.05, 3.63) is 47.3 Å². The molecule has 0 radical (unpaired) electrons. The minimum atomic E-state index is -0.219. The van der Waals surface area contributed by atoms with Crippen molar-refractivity contribution in [1.82, 2.24) is 15.1 Å². The lowest BCUT2D eigenvalue weighted by atomic mass is 9.89. The van der Waals surface area contributed by atoms with E-state index in [1.807, 2.05) is 35.7 Å². The minimum Gasteiger partial charge on any atom is -0.335 e. The van der Waals surface area contributed by atoms with Gasteiger partial charge in [0.1, 0.15) is 0 Å². The van der Waals surface area contributed by atoms with E-state index in [2.05, 4.69) is 11.4 Å². The van der Waals surface area contributed by atoms with Crippen LogP contribution in [0.25, 0.3) is 10.4 Å². The molecular formula is C17H17N3O2S. The SMILES string of the molecule is CN1C(=O)NCC12CN(C(=O)c1ccc(-c3cccs3)cc1)C2. The lowest BCUT2D eigenvalue weighted by molar-refractivity contribution is 0.00777. The Bertz CT molecular complexity index is 749.